The van der Waals surface area contributed by atoms with Gasteiger partial charge in [-0.15, -0.1) is 10.2 Å². The Hall–Kier alpha value is -2.91. The van der Waals surface area contributed by atoms with Gasteiger partial charge in [0.1, 0.15) is 5.82 Å². The van der Waals surface area contributed by atoms with Crippen LogP contribution >= 0.6 is 11.8 Å². The molecule has 34 heavy (non-hydrogen) atoms. The largest absolute Gasteiger partial charge is 0.378 e. The van der Waals surface area contributed by atoms with E-state index in [0.29, 0.717) is 56.2 Å². The Morgan fingerprint density at radius 3 is 2.62 bits per heavy atom. The van der Waals surface area contributed by atoms with E-state index < -0.39 is 0 Å². The van der Waals surface area contributed by atoms with Gasteiger partial charge in [-0.05, 0) is 37.1 Å². The van der Waals surface area contributed by atoms with Crippen LogP contribution in [0.25, 0.3) is 5.69 Å². The summed E-state index contributed by atoms with van der Waals surface area (Å²) in [5.41, 5.74) is 2.93. The Labute approximate surface area is 203 Å². The molecule has 4 rings (SSSR count). The van der Waals surface area contributed by atoms with Crippen LogP contribution in [0.2, 0.25) is 0 Å². The van der Waals surface area contributed by atoms with E-state index in [2.05, 4.69) is 53.2 Å². The van der Waals surface area contributed by atoms with Gasteiger partial charge in [0.2, 0.25) is 11.9 Å². The minimum atomic E-state index is -0.335. The molecule has 1 aliphatic rings. The van der Waals surface area contributed by atoms with Crippen molar-refractivity contribution in [2.24, 2.45) is 0 Å². The van der Waals surface area contributed by atoms with E-state index in [9.17, 15) is 9.18 Å². The number of morpholine rings is 1. The van der Waals surface area contributed by atoms with Crippen molar-refractivity contribution in [2.75, 3.05) is 43.5 Å². The fraction of sp³-hybridized carbons (Fsp3) is 0.400. The van der Waals surface area contributed by atoms with E-state index in [0.717, 1.165) is 12.0 Å². The summed E-state index contributed by atoms with van der Waals surface area (Å²) in [4.78, 5) is 17.1. The molecule has 2 aromatic carbocycles. The third kappa shape index (κ3) is 5.95. The summed E-state index contributed by atoms with van der Waals surface area (Å²) < 4.78 is 21.3. The molecule has 0 saturated carbocycles. The minimum Gasteiger partial charge on any atom is -0.378 e. The highest BCUT2D eigenvalue weighted by Gasteiger charge is 2.23. The predicted molar refractivity (Wildman–Crippen MR) is 132 cm³/mol. The molecule has 1 amide bonds. The van der Waals surface area contributed by atoms with Crippen LogP contribution in [0, 0.1) is 12.7 Å². The minimum absolute atomic E-state index is 0.0362. The number of hydrogen-bond acceptors (Lipinski definition) is 6. The van der Waals surface area contributed by atoms with Gasteiger partial charge in [-0.1, -0.05) is 54.6 Å². The second-order valence-electron chi connectivity index (χ2n) is 8.29. The highest BCUT2D eigenvalue weighted by Crippen LogP contribution is 2.28. The molecule has 3 aromatic rings. The SMILES string of the molecule is CCCN(Cc1ccc(C)cc1)C(=O)CSc1nnc(N2CCOCC2)n1-c1cccc(F)c1. The predicted octanol–water partition coefficient (Wildman–Crippen LogP) is 4.08. The van der Waals surface area contributed by atoms with Crippen LogP contribution < -0.4 is 4.90 Å². The van der Waals surface area contributed by atoms with E-state index in [4.69, 9.17) is 4.74 Å². The van der Waals surface area contributed by atoms with Gasteiger partial charge in [0.05, 0.1) is 24.7 Å². The van der Waals surface area contributed by atoms with Crippen LogP contribution in [-0.2, 0) is 16.1 Å². The van der Waals surface area contributed by atoms with Crippen LogP contribution in [0.5, 0.6) is 0 Å². The van der Waals surface area contributed by atoms with Crippen LogP contribution in [-0.4, -0.2) is 64.2 Å². The Bertz CT molecular complexity index is 1100. The fourth-order valence-corrected chi connectivity index (χ4v) is 4.71. The first-order valence-electron chi connectivity index (χ1n) is 11.6. The molecule has 7 nitrogen and oxygen atoms in total. The van der Waals surface area contributed by atoms with Crippen molar-refractivity contribution in [1.29, 1.82) is 0 Å². The normalized spacial score (nSPS) is 13.8. The highest BCUT2D eigenvalue weighted by atomic mass is 32.2. The molecule has 9 heteroatoms. The molecule has 2 heterocycles. The number of nitrogens with zero attached hydrogens (tertiary/aromatic N) is 5. The van der Waals surface area contributed by atoms with Crippen LogP contribution in [0.3, 0.4) is 0 Å². The number of halogens is 1. The molecular formula is C25H30FN5O2S. The fourth-order valence-electron chi connectivity index (χ4n) is 3.86. The van der Waals surface area contributed by atoms with Crippen LogP contribution in [0.1, 0.15) is 24.5 Å². The van der Waals surface area contributed by atoms with E-state index in [1.165, 1.54) is 29.5 Å². The summed E-state index contributed by atoms with van der Waals surface area (Å²) in [6, 6.07) is 14.6. The quantitative estimate of drug-likeness (QED) is 0.428. The number of rotatable bonds is 9. The first-order chi connectivity index (χ1) is 16.5. The molecule has 1 aromatic heterocycles. The molecule has 0 aliphatic carbocycles. The topological polar surface area (TPSA) is 63.5 Å². The molecule has 1 aliphatic heterocycles. The first kappa shape index (κ1) is 24.2. The summed E-state index contributed by atoms with van der Waals surface area (Å²) in [6.07, 6.45) is 0.878. The van der Waals surface area contributed by atoms with Crippen LogP contribution in [0.15, 0.2) is 53.7 Å². The second-order valence-corrected chi connectivity index (χ2v) is 9.23. The van der Waals surface area contributed by atoms with Gasteiger partial charge >= 0.3 is 0 Å². The Morgan fingerprint density at radius 1 is 1.15 bits per heavy atom. The zero-order chi connectivity index (χ0) is 23.9. The van der Waals surface area contributed by atoms with Gasteiger partial charge < -0.3 is 14.5 Å². The number of anilines is 1. The van der Waals surface area contributed by atoms with E-state index >= 15 is 0 Å². The average molecular weight is 484 g/mol. The molecule has 1 fully saturated rings. The van der Waals surface area contributed by atoms with Crippen molar-refractivity contribution in [3.63, 3.8) is 0 Å². The lowest BCUT2D eigenvalue weighted by Crippen LogP contribution is -2.38. The van der Waals surface area contributed by atoms with Gasteiger partial charge in [-0.25, -0.2) is 4.39 Å². The molecule has 0 bridgehead atoms. The smallest absolute Gasteiger partial charge is 0.233 e. The van der Waals surface area contributed by atoms with Gasteiger partial charge in [0, 0.05) is 26.2 Å². The number of thioether (sulfide) groups is 1. The van der Waals surface area contributed by atoms with Gasteiger partial charge in [0.15, 0.2) is 5.16 Å². The van der Waals surface area contributed by atoms with Gasteiger partial charge in [0.25, 0.3) is 0 Å². The Kier molecular flexibility index (Phi) is 8.18. The maximum Gasteiger partial charge on any atom is 0.233 e. The third-order valence-corrected chi connectivity index (χ3v) is 6.56. The lowest BCUT2D eigenvalue weighted by Gasteiger charge is -2.28. The van der Waals surface area contributed by atoms with E-state index in [1.54, 1.807) is 6.07 Å². The monoisotopic (exact) mass is 483 g/mol. The van der Waals surface area contributed by atoms with Crippen molar-refractivity contribution in [3.05, 3.63) is 65.5 Å². The maximum absolute atomic E-state index is 14.0. The maximum atomic E-state index is 14.0. The summed E-state index contributed by atoms with van der Waals surface area (Å²) in [6.45, 7) is 7.93. The zero-order valence-corrected chi connectivity index (χ0v) is 20.4. The second kappa shape index (κ2) is 11.5. The van der Waals surface area contributed by atoms with Crippen molar-refractivity contribution >= 4 is 23.6 Å². The lowest BCUT2D eigenvalue weighted by molar-refractivity contribution is -0.129. The number of hydrogen-bond donors (Lipinski definition) is 0. The first-order valence-corrected chi connectivity index (χ1v) is 12.5. The van der Waals surface area contributed by atoms with E-state index in [-0.39, 0.29) is 17.5 Å². The van der Waals surface area contributed by atoms with E-state index in [1.807, 2.05) is 15.5 Å². The summed E-state index contributed by atoms with van der Waals surface area (Å²) >= 11 is 1.33. The summed E-state index contributed by atoms with van der Waals surface area (Å²) in [5, 5.41) is 9.33. The molecule has 0 N–H and O–H groups in total. The van der Waals surface area contributed by atoms with Gasteiger partial charge in [-0.2, -0.15) is 0 Å². The summed E-state index contributed by atoms with van der Waals surface area (Å²) in [7, 11) is 0. The van der Waals surface area contributed by atoms with Crippen LogP contribution in [0.4, 0.5) is 10.3 Å². The summed E-state index contributed by atoms with van der Waals surface area (Å²) in [5.74, 6) is 0.559. The zero-order valence-electron chi connectivity index (χ0n) is 19.6. The molecule has 0 spiro atoms. The molecule has 0 atom stereocenters. The average Bonchev–Trinajstić information content (AvgIpc) is 3.28. The molecule has 1 saturated heterocycles. The number of amides is 1. The third-order valence-electron chi connectivity index (χ3n) is 5.64. The Morgan fingerprint density at radius 2 is 1.91 bits per heavy atom. The standard InChI is InChI=1S/C25H30FN5O2S/c1-3-11-30(17-20-9-7-19(2)8-10-20)23(32)18-34-25-28-27-24(29-12-14-33-15-13-29)31(25)22-6-4-5-21(26)16-22/h4-10,16H,3,11-15,17-18H2,1-2H3. The Balaban J connectivity index is 1.53. The molecule has 0 radical (unpaired) electrons. The van der Waals surface area contributed by atoms with Crippen molar-refractivity contribution in [1.82, 2.24) is 19.7 Å². The number of carbonyl (C=O) groups is 1. The highest BCUT2D eigenvalue weighted by molar-refractivity contribution is 7.99. The van der Waals surface area contributed by atoms with Crippen molar-refractivity contribution in [3.8, 4) is 5.69 Å². The number of aryl methyl sites for hydroxylation is 1. The number of ether oxygens (including phenoxy) is 1. The molecule has 0 unspecified atom stereocenters. The van der Waals surface area contributed by atoms with Gasteiger partial charge in [-0.3, -0.25) is 9.36 Å². The van der Waals surface area contributed by atoms with Crippen molar-refractivity contribution < 1.29 is 13.9 Å². The molecule has 180 valence electrons. The number of carbonyl (C=O) groups excluding carboxylic acids is 1. The molecular weight excluding hydrogens is 453 g/mol. The van der Waals surface area contributed by atoms with Crippen molar-refractivity contribution in [2.45, 2.75) is 32.0 Å². The number of benzene rings is 2. The number of aromatic nitrogens is 3. The lowest BCUT2D eigenvalue weighted by atomic mass is 10.1.